The maximum absolute atomic E-state index is 13.7. The van der Waals surface area contributed by atoms with E-state index in [1.807, 2.05) is 31.2 Å². The van der Waals surface area contributed by atoms with Gasteiger partial charge in [-0.2, -0.15) is 13.2 Å². The summed E-state index contributed by atoms with van der Waals surface area (Å²) in [6.07, 6.45) is -4.25. The van der Waals surface area contributed by atoms with Crippen molar-refractivity contribution in [2.75, 3.05) is 0 Å². The average Bonchev–Trinajstić information content (AvgIpc) is 2.40. The van der Waals surface area contributed by atoms with E-state index in [9.17, 15) is 17.6 Å². The van der Waals surface area contributed by atoms with Crippen LogP contribution in [0.1, 0.15) is 27.6 Å². The second-order valence-corrected chi connectivity index (χ2v) is 5.42. The summed E-state index contributed by atoms with van der Waals surface area (Å²) in [5, 5.41) is -0.852. The van der Waals surface area contributed by atoms with Crippen LogP contribution < -0.4 is 0 Å². The van der Waals surface area contributed by atoms with Crippen molar-refractivity contribution in [3.8, 4) is 0 Å². The van der Waals surface area contributed by atoms with Crippen LogP contribution in [-0.2, 0) is 12.6 Å². The Bertz CT molecular complexity index is 617. The van der Waals surface area contributed by atoms with Gasteiger partial charge in [-0.15, -0.1) is 11.6 Å². The molecular weight excluding hydrogens is 304 g/mol. The first-order chi connectivity index (χ1) is 9.77. The maximum atomic E-state index is 13.7. The van der Waals surface area contributed by atoms with Crippen LogP contribution in [0.25, 0.3) is 0 Å². The van der Waals surface area contributed by atoms with Crippen LogP contribution in [0.3, 0.4) is 0 Å². The van der Waals surface area contributed by atoms with Gasteiger partial charge in [0.25, 0.3) is 0 Å². The SMILES string of the molecule is Cc1ccc(CC(Cl)c2cc(C(F)(F)F)ccc2F)cc1. The minimum absolute atomic E-state index is 0.132. The lowest BCUT2D eigenvalue weighted by atomic mass is 10.0. The van der Waals surface area contributed by atoms with Crippen molar-refractivity contribution in [2.24, 2.45) is 0 Å². The van der Waals surface area contributed by atoms with Crippen LogP contribution in [0, 0.1) is 12.7 Å². The van der Waals surface area contributed by atoms with Gasteiger partial charge in [-0.05, 0) is 37.1 Å². The molecule has 2 aromatic rings. The number of hydrogen-bond donors (Lipinski definition) is 0. The Balaban J connectivity index is 2.26. The summed E-state index contributed by atoms with van der Waals surface area (Å²) < 4.78 is 51.7. The fourth-order valence-corrected chi connectivity index (χ4v) is 2.35. The number of benzene rings is 2. The van der Waals surface area contributed by atoms with Crippen molar-refractivity contribution in [3.63, 3.8) is 0 Å². The van der Waals surface area contributed by atoms with Gasteiger partial charge >= 0.3 is 6.18 Å². The molecule has 112 valence electrons. The zero-order valence-corrected chi connectivity index (χ0v) is 12.0. The second-order valence-electron chi connectivity index (χ2n) is 4.89. The number of aryl methyl sites for hydroxylation is 1. The van der Waals surface area contributed by atoms with Crippen LogP contribution in [0.4, 0.5) is 17.6 Å². The third-order valence-corrected chi connectivity index (χ3v) is 3.59. The molecule has 1 atom stereocenters. The minimum atomic E-state index is -4.51. The topological polar surface area (TPSA) is 0 Å². The molecule has 1 unspecified atom stereocenters. The Morgan fingerprint density at radius 1 is 1.05 bits per heavy atom. The van der Waals surface area contributed by atoms with Crippen molar-refractivity contribution in [1.29, 1.82) is 0 Å². The van der Waals surface area contributed by atoms with E-state index in [2.05, 4.69) is 0 Å². The molecule has 0 radical (unpaired) electrons. The molecule has 0 aliphatic rings. The summed E-state index contributed by atoms with van der Waals surface area (Å²) >= 11 is 6.10. The zero-order chi connectivity index (χ0) is 15.6. The number of hydrogen-bond acceptors (Lipinski definition) is 0. The molecule has 0 heterocycles. The lowest BCUT2D eigenvalue weighted by molar-refractivity contribution is -0.137. The molecular formula is C16H13ClF4. The minimum Gasteiger partial charge on any atom is -0.207 e. The summed E-state index contributed by atoms with van der Waals surface area (Å²) in [4.78, 5) is 0. The van der Waals surface area contributed by atoms with Gasteiger partial charge in [0.2, 0.25) is 0 Å². The van der Waals surface area contributed by atoms with Gasteiger partial charge in [-0.1, -0.05) is 29.8 Å². The fraction of sp³-hybridized carbons (Fsp3) is 0.250. The predicted octanol–water partition coefficient (Wildman–Crippen LogP) is 5.68. The van der Waals surface area contributed by atoms with Crippen LogP contribution in [-0.4, -0.2) is 0 Å². The number of alkyl halides is 4. The Hall–Kier alpha value is -1.55. The molecule has 0 fully saturated rings. The van der Waals surface area contributed by atoms with E-state index in [1.165, 1.54) is 0 Å². The second kappa shape index (κ2) is 6.06. The van der Waals surface area contributed by atoms with Gasteiger partial charge in [0.15, 0.2) is 0 Å². The smallest absolute Gasteiger partial charge is 0.207 e. The largest absolute Gasteiger partial charge is 0.416 e. The van der Waals surface area contributed by atoms with Gasteiger partial charge < -0.3 is 0 Å². The highest BCUT2D eigenvalue weighted by molar-refractivity contribution is 6.21. The van der Waals surface area contributed by atoms with Gasteiger partial charge in [-0.3, -0.25) is 0 Å². The molecule has 21 heavy (non-hydrogen) atoms. The molecule has 0 aliphatic heterocycles. The molecule has 2 rings (SSSR count). The van der Waals surface area contributed by atoms with E-state index >= 15 is 0 Å². The monoisotopic (exact) mass is 316 g/mol. The highest BCUT2D eigenvalue weighted by Gasteiger charge is 2.31. The van der Waals surface area contributed by atoms with Crippen LogP contribution in [0.5, 0.6) is 0 Å². The van der Waals surface area contributed by atoms with Crippen molar-refractivity contribution in [2.45, 2.75) is 24.9 Å². The Morgan fingerprint density at radius 3 is 2.24 bits per heavy atom. The lowest BCUT2D eigenvalue weighted by Gasteiger charge is -2.14. The third kappa shape index (κ3) is 3.97. The molecule has 0 aromatic heterocycles. The molecule has 0 saturated heterocycles. The summed E-state index contributed by atoms with van der Waals surface area (Å²) in [6.45, 7) is 1.93. The molecule has 0 amide bonds. The third-order valence-electron chi connectivity index (χ3n) is 3.20. The summed E-state index contributed by atoms with van der Waals surface area (Å²) in [6, 6.07) is 9.72. The van der Waals surface area contributed by atoms with Crippen LogP contribution in [0.2, 0.25) is 0 Å². The summed E-state index contributed by atoms with van der Waals surface area (Å²) in [5.41, 5.74) is 0.882. The lowest BCUT2D eigenvalue weighted by Crippen LogP contribution is -2.08. The molecule has 2 aromatic carbocycles. The molecule has 0 nitrogen and oxygen atoms in total. The van der Waals surface area contributed by atoms with Crippen LogP contribution in [0.15, 0.2) is 42.5 Å². The van der Waals surface area contributed by atoms with Gasteiger partial charge in [0.05, 0.1) is 10.9 Å². The van der Waals surface area contributed by atoms with E-state index in [0.717, 1.165) is 23.3 Å². The molecule has 0 N–H and O–H groups in total. The van der Waals surface area contributed by atoms with Gasteiger partial charge in [0.1, 0.15) is 5.82 Å². The maximum Gasteiger partial charge on any atom is 0.416 e. The average molecular weight is 317 g/mol. The van der Waals surface area contributed by atoms with Crippen molar-refractivity contribution < 1.29 is 17.6 Å². The first-order valence-electron chi connectivity index (χ1n) is 6.33. The Morgan fingerprint density at radius 2 is 1.67 bits per heavy atom. The first kappa shape index (κ1) is 15.8. The Kier molecular flexibility index (Phi) is 4.57. The normalized spacial score (nSPS) is 13.2. The summed E-state index contributed by atoms with van der Waals surface area (Å²) in [5.74, 6) is -0.727. The van der Waals surface area contributed by atoms with E-state index < -0.39 is 22.9 Å². The Labute approximate surface area is 125 Å². The van der Waals surface area contributed by atoms with Crippen molar-refractivity contribution in [1.82, 2.24) is 0 Å². The fourth-order valence-electron chi connectivity index (χ4n) is 2.00. The molecule has 5 heteroatoms. The van der Waals surface area contributed by atoms with E-state index in [4.69, 9.17) is 11.6 Å². The van der Waals surface area contributed by atoms with E-state index in [0.29, 0.717) is 6.07 Å². The molecule has 0 spiro atoms. The van der Waals surface area contributed by atoms with Crippen molar-refractivity contribution in [3.05, 3.63) is 70.5 Å². The zero-order valence-electron chi connectivity index (χ0n) is 11.2. The van der Waals surface area contributed by atoms with E-state index in [1.54, 1.807) is 0 Å². The van der Waals surface area contributed by atoms with Crippen LogP contribution >= 0.6 is 11.6 Å². The molecule has 0 saturated carbocycles. The van der Waals surface area contributed by atoms with Gasteiger partial charge in [-0.25, -0.2) is 4.39 Å². The van der Waals surface area contributed by atoms with E-state index in [-0.39, 0.29) is 12.0 Å². The molecule has 0 aliphatic carbocycles. The van der Waals surface area contributed by atoms with Gasteiger partial charge in [0, 0.05) is 5.56 Å². The van der Waals surface area contributed by atoms with Crippen molar-refractivity contribution >= 4 is 11.6 Å². The highest BCUT2D eigenvalue weighted by Crippen LogP contribution is 2.34. The number of halogens is 5. The highest BCUT2D eigenvalue weighted by atomic mass is 35.5. The standard InChI is InChI=1S/C16H13ClF4/c1-10-2-4-11(5-3-10)8-14(17)13-9-12(16(19,20)21)6-7-15(13)18/h2-7,9,14H,8H2,1H3. The first-order valence-corrected chi connectivity index (χ1v) is 6.77. The quantitative estimate of drug-likeness (QED) is 0.505. The predicted molar refractivity (Wildman–Crippen MR) is 74.9 cm³/mol. The molecule has 0 bridgehead atoms. The summed E-state index contributed by atoms with van der Waals surface area (Å²) in [7, 11) is 0. The number of rotatable bonds is 3.